The van der Waals surface area contributed by atoms with Crippen molar-refractivity contribution in [2.75, 3.05) is 0 Å². The minimum absolute atomic E-state index is 0.0957. The molecule has 21 heavy (non-hydrogen) atoms. The van der Waals surface area contributed by atoms with Gasteiger partial charge in [-0.3, -0.25) is 10.1 Å². The Kier molecular flexibility index (Phi) is 4.32. The van der Waals surface area contributed by atoms with Crippen LogP contribution in [0.15, 0.2) is 40.9 Å². The molecule has 109 valence electrons. The summed E-state index contributed by atoms with van der Waals surface area (Å²) in [6.45, 7) is 0. The average Bonchev–Trinajstić information content (AvgIpc) is 2.37. The Hall–Kier alpha value is -1.89. The van der Waals surface area contributed by atoms with E-state index in [9.17, 15) is 23.3 Å². The monoisotopic (exact) mass is 358 g/mol. The summed E-state index contributed by atoms with van der Waals surface area (Å²) in [7, 11) is 0. The zero-order valence-corrected chi connectivity index (χ0v) is 12.0. The molecule has 0 bridgehead atoms. The molecule has 0 saturated carbocycles. The van der Waals surface area contributed by atoms with Crippen LogP contribution in [0.5, 0.6) is 0 Å². The number of alkyl halides is 3. The number of benzene rings is 2. The van der Waals surface area contributed by atoms with E-state index in [0.717, 1.165) is 0 Å². The minimum Gasteiger partial charge on any atom is -0.258 e. The van der Waals surface area contributed by atoms with Crippen LogP contribution in [0.1, 0.15) is 5.56 Å². The first-order chi connectivity index (χ1) is 9.76. The molecular weight excluding hydrogens is 351 g/mol. The van der Waals surface area contributed by atoms with Gasteiger partial charge in [0, 0.05) is 28.2 Å². The molecule has 0 spiro atoms. The molecule has 0 saturated heterocycles. The molecule has 0 aromatic heterocycles. The van der Waals surface area contributed by atoms with Crippen LogP contribution < -0.4 is 0 Å². The van der Waals surface area contributed by atoms with Crippen molar-refractivity contribution in [3.63, 3.8) is 0 Å². The molecule has 0 amide bonds. The largest absolute Gasteiger partial charge is 0.393 e. The van der Waals surface area contributed by atoms with Gasteiger partial charge in [-0.05, 0) is 27.1 Å². The van der Waals surface area contributed by atoms with E-state index in [1.807, 2.05) is 0 Å². The molecule has 7 heteroatoms. The molecule has 0 N–H and O–H groups in total. The van der Waals surface area contributed by atoms with Gasteiger partial charge in [0.25, 0.3) is 5.69 Å². The Morgan fingerprint density at radius 3 is 2.62 bits per heavy atom. The van der Waals surface area contributed by atoms with Crippen LogP contribution in [0, 0.1) is 16.2 Å². The number of non-ortho nitro benzene ring substituents is 1. The second-order valence-corrected chi connectivity index (χ2v) is 5.13. The molecule has 2 aromatic carbocycles. The van der Waals surface area contributed by atoms with Gasteiger partial charge in [-0.15, -0.1) is 0 Å². The Morgan fingerprint density at radius 2 is 2.00 bits per heavy atom. The van der Waals surface area contributed by atoms with Gasteiger partial charge in [0.2, 0.25) is 0 Å². The molecular formula is C14H8BrF3NO2. The molecule has 3 nitrogen and oxygen atoms in total. The summed E-state index contributed by atoms with van der Waals surface area (Å²) < 4.78 is 37.7. The number of nitrogens with zero attached hydrogens (tertiary/aromatic N) is 1. The third-order valence-electron chi connectivity index (χ3n) is 2.73. The first kappa shape index (κ1) is 15.5. The molecule has 2 aromatic rings. The fraction of sp³-hybridized carbons (Fsp3) is 0.143. The van der Waals surface area contributed by atoms with E-state index in [1.54, 1.807) is 6.07 Å². The maximum absolute atomic E-state index is 12.4. The number of hydrogen-bond donors (Lipinski definition) is 0. The highest BCUT2D eigenvalue weighted by atomic mass is 79.9. The topological polar surface area (TPSA) is 43.1 Å². The fourth-order valence-corrected chi connectivity index (χ4v) is 2.32. The van der Waals surface area contributed by atoms with E-state index in [2.05, 4.69) is 22.0 Å². The Labute approximate surface area is 126 Å². The Bertz CT molecular complexity index is 686. The van der Waals surface area contributed by atoms with Crippen LogP contribution in [-0.2, 0) is 6.42 Å². The van der Waals surface area contributed by atoms with Crippen LogP contribution in [0.4, 0.5) is 18.9 Å². The molecule has 2 rings (SSSR count). The van der Waals surface area contributed by atoms with Gasteiger partial charge in [-0.2, -0.15) is 13.2 Å². The second-order valence-electron chi connectivity index (χ2n) is 4.33. The van der Waals surface area contributed by atoms with Crippen LogP contribution in [0.3, 0.4) is 0 Å². The lowest BCUT2D eigenvalue weighted by atomic mass is 10.0. The highest BCUT2D eigenvalue weighted by Gasteiger charge is 2.27. The highest BCUT2D eigenvalue weighted by molar-refractivity contribution is 9.10. The number of rotatable bonds is 3. The van der Waals surface area contributed by atoms with Crippen molar-refractivity contribution >= 4 is 21.6 Å². The summed E-state index contributed by atoms with van der Waals surface area (Å²) >= 11 is 3.20. The van der Waals surface area contributed by atoms with Crippen molar-refractivity contribution in [3.05, 3.63) is 62.6 Å². The lowest BCUT2D eigenvalue weighted by Crippen LogP contribution is -2.11. The van der Waals surface area contributed by atoms with Crippen molar-refractivity contribution in [3.8, 4) is 11.1 Å². The van der Waals surface area contributed by atoms with Crippen LogP contribution in [-0.4, -0.2) is 11.1 Å². The van der Waals surface area contributed by atoms with Crippen LogP contribution in [0.2, 0.25) is 0 Å². The van der Waals surface area contributed by atoms with Gasteiger partial charge >= 0.3 is 6.18 Å². The highest BCUT2D eigenvalue weighted by Crippen LogP contribution is 2.32. The summed E-state index contributed by atoms with van der Waals surface area (Å²) in [5.41, 5.74) is 0.810. The zero-order chi connectivity index (χ0) is 15.6. The lowest BCUT2D eigenvalue weighted by molar-refractivity contribution is -0.384. The summed E-state index contributed by atoms with van der Waals surface area (Å²) in [5, 5.41) is 10.8. The van der Waals surface area contributed by atoms with Crippen molar-refractivity contribution < 1.29 is 18.1 Å². The quantitative estimate of drug-likeness (QED) is 0.576. The van der Waals surface area contributed by atoms with Gasteiger partial charge in [0.15, 0.2) is 0 Å². The van der Waals surface area contributed by atoms with Gasteiger partial charge < -0.3 is 0 Å². The number of halogens is 4. The summed E-state index contributed by atoms with van der Waals surface area (Å²) in [4.78, 5) is 10.2. The smallest absolute Gasteiger partial charge is 0.258 e. The normalized spacial score (nSPS) is 11.4. The van der Waals surface area contributed by atoms with Crippen LogP contribution >= 0.6 is 15.9 Å². The average molecular weight is 359 g/mol. The molecule has 0 unspecified atom stereocenters. The Balaban J connectivity index is 2.45. The maximum atomic E-state index is 12.4. The molecule has 0 aliphatic rings. The van der Waals surface area contributed by atoms with E-state index in [1.165, 1.54) is 30.3 Å². The van der Waals surface area contributed by atoms with Gasteiger partial charge in [0.05, 0.1) is 11.3 Å². The molecule has 0 aliphatic carbocycles. The van der Waals surface area contributed by atoms with Crippen molar-refractivity contribution in [1.82, 2.24) is 0 Å². The third-order valence-corrected chi connectivity index (χ3v) is 3.38. The lowest BCUT2D eigenvalue weighted by Gasteiger charge is -2.09. The van der Waals surface area contributed by atoms with E-state index in [4.69, 9.17) is 0 Å². The molecule has 1 radical (unpaired) electrons. The molecule has 0 aliphatic heterocycles. The Morgan fingerprint density at radius 1 is 1.29 bits per heavy atom. The third kappa shape index (κ3) is 4.04. The van der Waals surface area contributed by atoms with Crippen molar-refractivity contribution in [2.24, 2.45) is 0 Å². The van der Waals surface area contributed by atoms with E-state index in [0.29, 0.717) is 15.6 Å². The van der Waals surface area contributed by atoms with Crippen molar-refractivity contribution in [2.45, 2.75) is 12.6 Å². The summed E-state index contributed by atoms with van der Waals surface area (Å²) in [6, 6.07) is 11.0. The van der Waals surface area contributed by atoms with Gasteiger partial charge in [-0.1, -0.05) is 24.3 Å². The maximum Gasteiger partial charge on any atom is 0.393 e. The van der Waals surface area contributed by atoms with Crippen molar-refractivity contribution in [1.29, 1.82) is 0 Å². The second kappa shape index (κ2) is 5.85. The minimum atomic E-state index is -4.30. The molecule has 0 fully saturated rings. The number of hydrogen-bond acceptors (Lipinski definition) is 2. The van der Waals surface area contributed by atoms with E-state index in [-0.39, 0.29) is 11.3 Å². The standard InChI is InChI=1S/C14H8BrF3NO2/c15-13-5-4-11(19(20)21)7-12(13)10-3-1-2-9(6-10)8-14(16,17)18/h1-4,6-7H,8H2. The van der Waals surface area contributed by atoms with E-state index < -0.39 is 17.5 Å². The van der Waals surface area contributed by atoms with Gasteiger partial charge in [0.1, 0.15) is 0 Å². The predicted octanol–water partition coefficient (Wildman–Crippen LogP) is 4.93. The van der Waals surface area contributed by atoms with Gasteiger partial charge in [-0.25, -0.2) is 0 Å². The molecule has 0 atom stereocenters. The fourth-order valence-electron chi connectivity index (χ4n) is 1.86. The molecule has 0 heterocycles. The zero-order valence-electron chi connectivity index (χ0n) is 10.4. The number of nitro benzene ring substituents is 1. The first-order valence-electron chi connectivity index (χ1n) is 5.78. The predicted molar refractivity (Wildman–Crippen MR) is 74.8 cm³/mol. The van der Waals surface area contributed by atoms with Crippen LogP contribution in [0.25, 0.3) is 11.1 Å². The summed E-state index contributed by atoms with van der Waals surface area (Å²) in [5.74, 6) is 0. The van der Waals surface area contributed by atoms with E-state index >= 15 is 0 Å². The SMILES string of the molecule is O=[N+]([O-])c1c[c]c(Br)c(-c2cccc(CC(F)(F)F)c2)c1. The number of nitro groups is 1. The summed E-state index contributed by atoms with van der Waals surface area (Å²) in [6.07, 6.45) is -5.35. The first-order valence-corrected chi connectivity index (χ1v) is 6.57.